The Morgan fingerprint density at radius 3 is 2.21 bits per heavy atom. The van der Waals surface area contributed by atoms with Crippen LogP contribution in [0.1, 0.15) is 16.5 Å². The van der Waals surface area contributed by atoms with Gasteiger partial charge in [0, 0.05) is 10.6 Å². The Morgan fingerprint density at radius 1 is 0.947 bits per heavy atom. The molecule has 1 unspecified atom stereocenters. The van der Waals surface area contributed by atoms with Crippen molar-refractivity contribution >= 4 is 23.2 Å². The molecule has 0 fully saturated rings. The van der Waals surface area contributed by atoms with Crippen LogP contribution in [-0.2, 0) is 0 Å². The number of halogens is 2. The molecule has 0 radical (unpaired) electrons. The lowest BCUT2D eigenvalue weighted by atomic mass is 10.0. The largest absolute Gasteiger partial charge is 0.497 e. The van der Waals surface area contributed by atoms with Gasteiger partial charge in [0.25, 0.3) is 0 Å². The molecule has 0 saturated carbocycles. The zero-order valence-electron chi connectivity index (χ0n) is 10.7. The van der Waals surface area contributed by atoms with Gasteiger partial charge >= 0.3 is 0 Å². The van der Waals surface area contributed by atoms with E-state index in [0.29, 0.717) is 5.02 Å². The molecular weight excluding hydrogens is 283 g/mol. The van der Waals surface area contributed by atoms with Gasteiger partial charge in [0.2, 0.25) is 0 Å². The molecule has 0 spiro atoms. The summed E-state index contributed by atoms with van der Waals surface area (Å²) in [6, 6.07) is 13.0. The van der Waals surface area contributed by atoms with Crippen LogP contribution >= 0.6 is 23.2 Å². The third-order valence-corrected chi connectivity index (χ3v) is 3.60. The van der Waals surface area contributed by atoms with Crippen molar-refractivity contribution in [3.8, 4) is 11.5 Å². The zero-order valence-corrected chi connectivity index (χ0v) is 12.2. The fourth-order valence-electron chi connectivity index (χ4n) is 1.86. The van der Waals surface area contributed by atoms with Gasteiger partial charge in [-0.1, -0.05) is 23.7 Å². The number of alkyl halides is 1. The predicted molar refractivity (Wildman–Crippen MR) is 78.7 cm³/mol. The van der Waals surface area contributed by atoms with Crippen molar-refractivity contribution < 1.29 is 9.47 Å². The highest BCUT2D eigenvalue weighted by Gasteiger charge is 2.16. The SMILES string of the molecule is COc1ccc(C(Cl)c2cc(Cl)ccc2OC)cc1. The summed E-state index contributed by atoms with van der Waals surface area (Å²) in [5.74, 6) is 1.52. The van der Waals surface area contributed by atoms with Crippen molar-refractivity contribution in [3.63, 3.8) is 0 Å². The summed E-state index contributed by atoms with van der Waals surface area (Å²) < 4.78 is 10.4. The van der Waals surface area contributed by atoms with Gasteiger partial charge in [-0.15, -0.1) is 11.6 Å². The lowest BCUT2D eigenvalue weighted by Gasteiger charge is -2.15. The molecule has 0 N–H and O–H groups in total. The minimum atomic E-state index is -0.320. The van der Waals surface area contributed by atoms with E-state index >= 15 is 0 Å². The molecule has 0 heterocycles. The summed E-state index contributed by atoms with van der Waals surface area (Å²) >= 11 is 12.5. The van der Waals surface area contributed by atoms with Gasteiger partial charge in [-0.25, -0.2) is 0 Å². The summed E-state index contributed by atoms with van der Waals surface area (Å²) in [5.41, 5.74) is 1.81. The number of methoxy groups -OCH3 is 2. The quantitative estimate of drug-likeness (QED) is 0.762. The number of hydrogen-bond acceptors (Lipinski definition) is 2. The first-order valence-corrected chi connectivity index (χ1v) is 6.58. The highest BCUT2D eigenvalue weighted by Crippen LogP contribution is 2.37. The van der Waals surface area contributed by atoms with E-state index in [-0.39, 0.29) is 5.38 Å². The third kappa shape index (κ3) is 3.14. The van der Waals surface area contributed by atoms with E-state index in [1.54, 1.807) is 20.3 Å². The zero-order chi connectivity index (χ0) is 13.8. The second-order valence-electron chi connectivity index (χ2n) is 4.02. The van der Waals surface area contributed by atoms with Crippen LogP contribution in [0.25, 0.3) is 0 Å². The molecule has 2 nitrogen and oxygen atoms in total. The molecule has 2 aromatic rings. The third-order valence-electron chi connectivity index (χ3n) is 2.87. The van der Waals surface area contributed by atoms with Crippen molar-refractivity contribution in [2.75, 3.05) is 14.2 Å². The van der Waals surface area contributed by atoms with Crippen LogP contribution in [0.4, 0.5) is 0 Å². The molecule has 2 rings (SSSR count). The van der Waals surface area contributed by atoms with Crippen LogP contribution in [0.5, 0.6) is 11.5 Å². The monoisotopic (exact) mass is 296 g/mol. The first-order chi connectivity index (χ1) is 9.15. The topological polar surface area (TPSA) is 18.5 Å². The van der Waals surface area contributed by atoms with Gasteiger partial charge < -0.3 is 9.47 Å². The van der Waals surface area contributed by atoms with E-state index in [9.17, 15) is 0 Å². The maximum absolute atomic E-state index is 6.50. The standard InChI is InChI=1S/C15H14Cl2O2/c1-18-12-6-3-10(4-7-12)15(17)13-9-11(16)5-8-14(13)19-2/h3-9,15H,1-2H3. The maximum atomic E-state index is 6.50. The van der Waals surface area contributed by atoms with E-state index in [4.69, 9.17) is 32.7 Å². The normalized spacial score (nSPS) is 12.0. The van der Waals surface area contributed by atoms with E-state index in [1.165, 1.54) is 0 Å². The molecule has 0 bridgehead atoms. The van der Waals surface area contributed by atoms with Crippen LogP contribution in [0.3, 0.4) is 0 Å². The number of hydrogen-bond donors (Lipinski definition) is 0. The smallest absolute Gasteiger partial charge is 0.123 e. The molecule has 100 valence electrons. The van der Waals surface area contributed by atoms with Crippen molar-refractivity contribution in [1.82, 2.24) is 0 Å². The van der Waals surface area contributed by atoms with E-state index in [0.717, 1.165) is 22.6 Å². The van der Waals surface area contributed by atoms with Gasteiger partial charge in [0.15, 0.2) is 0 Å². The van der Waals surface area contributed by atoms with Crippen LogP contribution in [0.2, 0.25) is 5.02 Å². The van der Waals surface area contributed by atoms with Gasteiger partial charge in [-0.05, 0) is 35.9 Å². The molecule has 4 heteroatoms. The van der Waals surface area contributed by atoms with Gasteiger partial charge in [-0.3, -0.25) is 0 Å². The fourth-order valence-corrected chi connectivity index (χ4v) is 2.35. The van der Waals surface area contributed by atoms with Crippen molar-refractivity contribution in [2.24, 2.45) is 0 Å². The van der Waals surface area contributed by atoms with Crippen molar-refractivity contribution in [3.05, 3.63) is 58.6 Å². The minimum Gasteiger partial charge on any atom is -0.497 e. The molecule has 1 atom stereocenters. The average molecular weight is 297 g/mol. The first-order valence-electron chi connectivity index (χ1n) is 5.77. The minimum absolute atomic E-state index is 0.320. The molecule has 0 aliphatic rings. The molecule has 2 aromatic carbocycles. The Balaban J connectivity index is 2.36. The Morgan fingerprint density at radius 2 is 1.63 bits per heavy atom. The second-order valence-corrected chi connectivity index (χ2v) is 4.89. The lowest BCUT2D eigenvalue weighted by molar-refractivity contribution is 0.410. The van der Waals surface area contributed by atoms with Gasteiger partial charge in [0.05, 0.1) is 19.6 Å². The predicted octanol–water partition coefficient (Wildman–Crippen LogP) is 4.69. The summed E-state index contributed by atoms with van der Waals surface area (Å²) in [6.07, 6.45) is 0. The Labute approximate surface area is 122 Å². The highest BCUT2D eigenvalue weighted by atomic mass is 35.5. The Hall–Kier alpha value is -1.38. The number of ether oxygens (including phenoxy) is 2. The molecular formula is C15H14Cl2O2. The Bertz CT molecular complexity index is 553. The van der Waals surface area contributed by atoms with Crippen LogP contribution < -0.4 is 9.47 Å². The first kappa shape index (κ1) is 14.0. The van der Waals surface area contributed by atoms with Crippen LogP contribution in [-0.4, -0.2) is 14.2 Å². The van der Waals surface area contributed by atoms with E-state index in [2.05, 4.69) is 0 Å². The Kier molecular flexibility index (Phi) is 4.56. The van der Waals surface area contributed by atoms with Crippen LogP contribution in [0.15, 0.2) is 42.5 Å². The molecule has 19 heavy (non-hydrogen) atoms. The number of benzene rings is 2. The molecule has 0 amide bonds. The lowest BCUT2D eigenvalue weighted by Crippen LogP contribution is -1.97. The number of rotatable bonds is 4. The van der Waals surface area contributed by atoms with E-state index in [1.807, 2.05) is 36.4 Å². The average Bonchev–Trinajstić information content (AvgIpc) is 2.46. The molecule has 0 aliphatic carbocycles. The van der Waals surface area contributed by atoms with Gasteiger partial charge in [-0.2, -0.15) is 0 Å². The van der Waals surface area contributed by atoms with Gasteiger partial charge in [0.1, 0.15) is 11.5 Å². The fraction of sp³-hybridized carbons (Fsp3) is 0.200. The van der Waals surface area contributed by atoms with Crippen molar-refractivity contribution in [2.45, 2.75) is 5.38 Å². The summed E-state index contributed by atoms with van der Waals surface area (Å²) in [4.78, 5) is 0. The van der Waals surface area contributed by atoms with E-state index < -0.39 is 0 Å². The molecule has 0 saturated heterocycles. The van der Waals surface area contributed by atoms with Crippen molar-refractivity contribution in [1.29, 1.82) is 0 Å². The summed E-state index contributed by atoms with van der Waals surface area (Å²) in [5, 5.41) is 0.314. The highest BCUT2D eigenvalue weighted by molar-refractivity contribution is 6.31. The molecule has 0 aliphatic heterocycles. The van der Waals surface area contributed by atoms with Crippen LogP contribution in [0, 0.1) is 0 Å². The summed E-state index contributed by atoms with van der Waals surface area (Å²) in [7, 11) is 3.25. The molecule has 0 aromatic heterocycles. The summed E-state index contributed by atoms with van der Waals surface area (Å²) in [6.45, 7) is 0. The second kappa shape index (κ2) is 6.18. The maximum Gasteiger partial charge on any atom is 0.123 e.